The van der Waals surface area contributed by atoms with Crippen molar-refractivity contribution in [2.75, 3.05) is 102 Å². The molecule has 3 aromatic heterocycles. The van der Waals surface area contributed by atoms with Crippen molar-refractivity contribution in [2.24, 2.45) is 0 Å². The highest BCUT2D eigenvalue weighted by Crippen LogP contribution is 2.57. The second-order valence-electron chi connectivity index (χ2n) is 33.4. The lowest BCUT2D eigenvalue weighted by Crippen LogP contribution is -2.70. The van der Waals surface area contributed by atoms with Gasteiger partial charge in [0.25, 0.3) is 17.7 Å². The van der Waals surface area contributed by atoms with Crippen molar-refractivity contribution in [1.82, 2.24) is 28.7 Å². The van der Waals surface area contributed by atoms with Crippen LogP contribution in [0.4, 0.5) is 26.3 Å². The van der Waals surface area contributed by atoms with E-state index in [-0.39, 0.29) is 90.6 Å². The van der Waals surface area contributed by atoms with E-state index >= 15 is 13.2 Å². The number of morpholine rings is 3. The third-order valence-corrected chi connectivity index (χ3v) is 30.8. The first-order valence-corrected chi connectivity index (χ1v) is 50.0. The van der Waals surface area contributed by atoms with E-state index in [4.69, 9.17) is 71.8 Å². The van der Waals surface area contributed by atoms with Crippen molar-refractivity contribution < 1.29 is 154 Å². The Morgan fingerprint density at radius 2 is 0.754 bits per heavy atom. The van der Waals surface area contributed by atoms with E-state index < -0.39 is 222 Å². The second kappa shape index (κ2) is 37.9. The van der Waals surface area contributed by atoms with Crippen LogP contribution in [-0.4, -0.2) is 210 Å². The van der Waals surface area contributed by atoms with Gasteiger partial charge < -0.3 is 82.4 Å². The van der Waals surface area contributed by atoms with Crippen molar-refractivity contribution in [2.45, 2.75) is 124 Å². The number of fused-ring (bicyclic) bond motifs is 14. The molecule has 6 atom stereocenters. The summed E-state index contributed by atoms with van der Waals surface area (Å²) >= 11 is 4.06. The minimum Gasteiger partial charge on any atom is -0.460 e. The van der Waals surface area contributed by atoms with Crippen molar-refractivity contribution in [3.63, 3.8) is 0 Å². The summed E-state index contributed by atoms with van der Waals surface area (Å²) in [6.45, 7) is -6.28. The number of carbonyl (C=O) groups is 5. The lowest BCUT2D eigenvalue weighted by molar-refractivity contribution is -0.157. The summed E-state index contributed by atoms with van der Waals surface area (Å²) in [5.41, 5.74) is -0.593. The number of pyridine rings is 3. The predicted octanol–water partition coefficient (Wildman–Crippen LogP) is 8.78. The number of thioether (sulfide) groups is 3. The Kier molecular flexibility index (Phi) is 26.4. The van der Waals surface area contributed by atoms with E-state index in [9.17, 15) is 65.2 Å². The van der Waals surface area contributed by atoms with Crippen LogP contribution in [0, 0.1) is 34.9 Å². The fourth-order valence-electron chi connectivity index (χ4n) is 18.6. The Balaban J connectivity index is 0.000000134. The first-order chi connectivity index (χ1) is 66.2. The molecule has 0 radical (unpaired) electrons. The summed E-state index contributed by atoms with van der Waals surface area (Å²) in [5, 5.41) is 23.1. The summed E-state index contributed by atoms with van der Waals surface area (Å²) in [6, 6.07) is 31.0. The van der Waals surface area contributed by atoms with Crippen LogP contribution in [0.2, 0.25) is 0 Å². The summed E-state index contributed by atoms with van der Waals surface area (Å²) in [6.07, 6.45) is 5.95. The van der Waals surface area contributed by atoms with Gasteiger partial charge in [0.05, 0.1) is 74.4 Å². The minimum absolute atomic E-state index is 0.0305. The van der Waals surface area contributed by atoms with Gasteiger partial charge in [-0.05, 0) is 108 Å². The number of hydrogen-bond acceptors (Lipinski definition) is 32. The number of nitrogens with zero attached hydrogens (tertiary/aromatic N) is 9. The Hall–Kier alpha value is -10.9. The van der Waals surface area contributed by atoms with Crippen molar-refractivity contribution >= 4 is 88.4 Å². The molecule has 6 fully saturated rings. The van der Waals surface area contributed by atoms with E-state index in [1.807, 2.05) is 71.7 Å². The zero-order valence-corrected chi connectivity index (χ0v) is 76.8. The maximum Gasteiger partial charge on any atom is 0.483 e. The number of aliphatic hydroxyl groups is 2. The van der Waals surface area contributed by atoms with Gasteiger partial charge in [0.15, 0.2) is 52.0 Å². The van der Waals surface area contributed by atoms with E-state index in [0.29, 0.717) is 47.9 Å². The molecule has 138 heavy (non-hydrogen) atoms. The zero-order valence-electron chi connectivity index (χ0n) is 71.7. The molecule has 9 aromatic rings. The highest BCUT2D eigenvalue weighted by atomic mass is 32.2. The number of hydrogen-bond donors (Lipinski definition) is 6. The number of phosphoric acid groups is 3. The van der Waals surface area contributed by atoms with Crippen molar-refractivity contribution in [3.8, 4) is 17.2 Å². The molecular weight excluding hydrogens is 1950 g/mol. The van der Waals surface area contributed by atoms with Gasteiger partial charge in [-0.15, -0.1) is 35.3 Å². The maximum absolute atomic E-state index is 15.6. The average Bonchev–Trinajstić information content (AvgIpc) is 1.52. The number of phosphoric ester groups is 3. The zero-order chi connectivity index (χ0) is 97.0. The molecule has 0 bridgehead atoms. The molecule has 51 heteroatoms. The lowest BCUT2D eigenvalue weighted by atomic mass is 9.92. The van der Waals surface area contributed by atoms with Gasteiger partial charge in [-0.3, -0.25) is 57.8 Å². The van der Waals surface area contributed by atoms with E-state index in [1.165, 1.54) is 86.1 Å². The topological polar surface area (TPSA) is 463 Å². The summed E-state index contributed by atoms with van der Waals surface area (Å²) in [7, 11) is -14.7. The molecule has 3 saturated heterocycles. The number of esters is 2. The predicted molar refractivity (Wildman–Crippen MR) is 467 cm³/mol. The number of halogens is 6. The normalized spacial score (nSPS) is 21.1. The molecule has 6 N–H and O–H groups in total. The van der Waals surface area contributed by atoms with Crippen LogP contribution in [0.1, 0.15) is 138 Å². The molecule has 0 unspecified atom stereocenters. The van der Waals surface area contributed by atoms with Crippen LogP contribution in [0.3, 0.4) is 0 Å². The standard InChI is InChI=1S/C33H32F2N3O14PS.2C27H24F2N3O8PS/c34-22-6-5-19-21(28(22)35)14-54-24-4-2-1-3-20(24)29(19)38-25-13-46-15-33(8-9-33)37(25)32(44)30-31(23(41)7-10-36(30)38)49-18-52-53(45,50-16-47-26(42)11-39)51-17-48-27(43)12-40;28-18-6-5-15-17(22(18)29)12-42-20-4-2-1-3-16(20)23(15)32-21-11-39-27(8-9-27)13-30(21)26(34)24-25(19(33)7-10-31(24)32)38-14-40-41(35,36)37;28-18-6-5-15-17(22(18)29)12-42-20-4-2-1-3-16(20)23(15)32-21-11-38-13-27(8-9-27)31(21)26(34)24-25(19(33)7-10-30(24)32)39-14-40-41(35,36)37/h1-7,10,25,29,39-40H,8-9,11-18H2;2*1-7,10,21,23H,8-9,11-14H2,(H2,35,36,37)/t25-,29+;2*21-,23+/m111/s1. The summed E-state index contributed by atoms with van der Waals surface area (Å²) in [5.74, 6) is -10.9. The molecule has 3 spiro atoms. The molecule has 3 aliphatic carbocycles. The molecule has 21 rings (SSSR count). The Morgan fingerprint density at radius 3 is 1.10 bits per heavy atom. The highest BCUT2D eigenvalue weighted by molar-refractivity contribution is 7.99. The van der Waals surface area contributed by atoms with Crippen LogP contribution >= 0.6 is 58.8 Å². The van der Waals surface area contributed by atoms with Gasteiger partial charge in [0.1, 0.15) is 31.7 Å². The monoisotopic (exact) mass is 2030 g/mol. The molecule has 9 aliphatic heterocycles. The Bertz CT molecular complexity index is 6770. The summed E-state index contributed by atoms with van der Waals surface area (Å²) in [4.78, 5) is 149. The molecule has 12 aliphatic rings. The number of aromatic nitrogens is 3. The van der Waals surface area contributed by atoms with Crippen LogP contribution in [-0.2, 0) is 86.8 Å². The van der Waals surface area contributed by atoms with E-state index in [0.717, 1.165) is 75.1 Å². The first kappa shape index (κ1) is 96.0. The van der Waals surface area contributed by atoms with Gasteiger partial charge in [0.2, 0.25) is 67.5 Å². The Labute approximate surface area is 788 Å². The molecular formula is C87H80F6N9O30P3S3. The minimum atomic E-state index is -4.94. The van der Waals surface area contributed by atoms with Crippen molar-refractivity contribution in [1.29, 1.82) is 0 Å². The number of amides is 3. The fraction of sp³-hybridized carbons (Fsp3) is 0.356. The van der Waals surface area contributed by atoms with Crippen molar-refractivity contribution in [3.05, 3.63) is 279 Å². The Morgan fingerprint density at radius 1 is 0.413 bits per heavy atom. The highest BCUT2D eigenvalue weighted by Gasteiger charge is 2.63. The largest absolute Gasteiger partial charge is 0.483 e. The smallest absolute Gasteiger partial charge is 0.460 e. The molecule has 6 aromatic carbocycles. The van der Waals surface area contributed by atoms with Gasteiger partial charge in [-0.1, -0.05) is 72.8 Å². The van der Waals surface area contributed by atoms with Gasteiger partial charge in [-0.2, -0.15) is 0 Å². The third kappa shape index (κ3) is 18.1. The lowest BCUT2D eigenvalue weighted by Gasteiger charge is -2.54. The average molecular weight is 2030 g/mol. The molecule has 3 amide bonds. The maximum atomic E-state index is 15.6. The van der Waals surface area contributed by atoms with Gasteiger partial charge >= 0.3 is 35.4 Å². The number of rotatable bonds is 23. The first-order valence-electron chi connectivity index (χ1n) is 42.5. The van der Waals surface area contributed by atoms with Crippen LogP contribution in [0.15, 0.2) is 175 Å². The molecule has 12 heterocycles. The van der Waals surface area contributed by atoms with Crippen LogP contribution < -0.4 is 45.5 Å². The second-order valence-corrected chi connectivity index (χ2v) is 40.6. The van der Waals surface area contributed by atoms with Gasteiger partial charge in [0, 0.05) is 85.4 Å². The molecule has 3 saturated carbocycles. The number of aliphatic hydroxyl groups excluding tert-OH is 2. The van der Waals surface area contributed by atoms with Crippen LogP contribution in [0.25, 0.3) is 0 Å². The van der Waals surface area contributed by atoms with Gasteiger partial charge in [-0.25, -0.2) is 72.2 Å². The molecule has 728 valence electrons. The van der Waals surface area contributed by atoms with E-state index in [1.54, 1.807) is 30.8 Å². The third-order valence-electron chi connectivity index (χ3n) is 25.3. The number of benzene rings is 6. The number of carbonyl (C=O) groups excluding carboxylic acids is 5. The quantitative estimate of drug-likeness (QED) is 0.0151. The van der Waals surface area contributed by atoms with Crippen LogP contribution in [0.5, 0.6) is 17.2 Å². The summed E-state index contributed by atoms with van der Waals surface area (Å²) < 4.78 is 198. The fourth-order valence-corrected chi connectivity index (χ4v) is 23.1. The number of ether oxygens (including phenoxy) is 8. The SMILES string of the molecule is O=C(CO)OCOP(=O)(OCOC(=O)CO)OCOc1c2n(ccc1=O)N([C@@H]1c3ccccc3SCc3c1ccc(F)c3F)[C@@H]1COCC3(CC3)N1C2=O.O=C1c2c(OCOP(=O)(O)O)c(=O)ccn2N([C@@H]2c3ccccc3SCc3c2ccc(F)c3F)[C@@H]2COC3(CC3)CN12.O=C1c2c(OCOP(=O)(O)O)c(=O)ccn2N([C@@H]2c3ccccc3SCc3c2ccc(F)c3F)[C@@H]2COCC3(CC3)N12. The van der Waals surface area contributed by atoms with E-state index in [2.05, 4.69) is 18.5 Å². The molecule has 39 nitrogen and oxygen atoms in total.